The molecule has 0 aliphatic carbocycles. The third kappa shape index (κ3) is 4.24. The Balaban J connectivity index is 2.00. The van der Waals surface area contributed by atoms with Crippen molar-refractivity contribution in [3.8, 4) is 5.75 Å². The average Bonchev–Trinajstić information content (AvgIpc) is 2.65. The first-order valence-electron chi connectivity index (χ1n) is 9.66. The Labute approximate surface area is 169 Å². The smallest absolute Gasteiger partial charge is 0.347 e. The number of amides is 2. The van der Waals surface area contributed by atoms with Crippen LogP contribution >= 0.6 is 0 Å². The number of esters is 1. The minimum atomic E-state index is -0.827. The lowest BCUT2D eigenvalue weighted by molar-refractivity contribution is -0.163. The molecule has 0 saturated heterocycles. The molecule has 0 aromatic heterocycles. The maximum absolute atomic E-state index is 12.6. The lowest BCUT2D eigenvalue weighted by Crippen LogP contribution is -2.38. The highest BCUT2D eigenvalue weighted by molar-refractivity contribution is 6.24. The van der Waals surface area contributed by atoms with E-state index in [-0.39, 0.29) is 16.2 Å². The Hall–Kier alpha value is -2.93. The van der Waals surface area contributed by atoms with E-state index >= 15 is 0 Å². The number of benzene rings is 2. The fourth-order valence-corrected chi connectivity index (χ4v) is 3.28. The molecule has 7 nitrogen and oxygen atoms in total. The molecule has 1 heterocycles. The van der Waals surface area contributed by atoms with E-state index in [0.29, 0.717) is 22.9 Å². The zero-order valence-corrected chi connectivity index (χ0v) is 17.0. The van der Waals surface area contributed by atoms with Crippen molar-refractivity contribution in [2.75, 3.05) is 0 Å². The van der Waals surface area contributed by atoms with Crippen molar-refractivity contribution in [2.24, 2.45) is 0 Å². The third-order valence-corrected chi connectivity index (χ3v) is 4.56. The SMILES string of the molecule is CCCCC(Oc1cc2c3c(cccc3c1)C(=O)N(O)C2=O)C(=O)OC(C)(C)C. The lowest BCUT2D eigenvalue weighted by atomic mass is 9.94. The predicted octanol–water partition coefficient (Wildman–Crippen LogP) is 4.10. The summed E-state index contributed by atoms with van der Waals surface area (Å²) in [6.07, 6.45) is 1.30. The van der Waals surface area contributed by atoms with Crippen LogP contribution in [0.4, 0.5) is 0 Å². The number of carbonyl (C=O) groups excluding carboxylic acids is 3. The van der Waals surface area contributed by atoms with Crippen molar-refractivity contribution in [2.45, 2.75) is 58.7 Å². The molecule has 1 N–H and O–H groups in total. The second-order valence-electron chi connectivity index (χ2n) is 8.08. The van der Waals surface area contributed by atoms with Gasteiger partial charge >= 0.3 is 5.97 Å². The molecule has 1 aliphatic heterocycles. The fraction of sp³-hybridized carbons (Fsp3) is 0.409. The molecule has 1 aliphatic rings. The molecule has 2 amide bonds. The first-order chi connectivity index (χ1) is 13.6. The van der Waals surface area contributed by atoms with Gasteiger partial charge in [0.2, 0.25) is 0 Å². The molecule has 0 fully saturated rings. The summed E-state index contributed by atoms with van der Waals surface area (Å²) in [6, 6.07) is 8.09. The number of hydrogen-bond donors (Lipinski definition) is 1. The summed E-state index contributed by atoms with van der Waals surface area (Å²) in [4.78, 5) is 37.2. The summed E-state index contributed by atoms with van der Waals surface area (Å²) in [5.41, 5.74) is -0.266. The number of ether oxygens (including phenoxy) is 2. The van der Waals surface area contributed by atoms with E-state index in [9.17, 15) is 19.6 Å². The monoisotopic (exact) mass is 399 g/mol. The molecular formula is C22H25NO6. The van der Waals surface area contributed by atoms with Crippen molar-refractivity contribution in [3.63, 3.8) is 0 Å². The molecule has 2 aromatic rings. The first-order valence-corrected chi connectivity index (χ1v) is 9.66. The van der Waals surface area contributed by atoms with Gasteiger partial charge in [-0.2, -0.15) is 0 Å². The van der Waals surface area contributed by atoms with E-state index < -0.39 is 29.5 Å². The highest BCUT2D eigenvalue weighted by atomic mass is 16.6. The largest absolute Gasteiger partial charge is 0.479 e. The van der Waals surface area contributed by atoms with E-state index in [1.165, 1.54) is 6.07 Å². The van der Waals surface area contributed by atoms with Gasteiger partial charge in [-0.15, -0.1) is 5.06 Å². The van der Waals surface area contributed by atoms with Crippen molar-refractivity contribution >= 4 is 28.6 Å². The minimum absolute atomic E-state index is 0.101. The zero-order chi connectivity index (χ0) is 21.3. The molecule has 0 spiro atoms. The fourth-order valence-electron chi connectivity index (χ4n) is 3.28. The van der Waals surface area contributed by atoms with Crippen LogP contribution in [-0.4, -0.2) is 39.8 Å². The number of carbonyl (C=O) groups is 3. The minimum Gasteiger partial charge on any atom is -0.479 e. The van der Waals surface area contributed by atoms with Gasteiger partial charge in [0.05, 0.1) is 11.1 Å². The summed E-state index contributed by atoms with van der Waals surface area (Å²) in [6.45, 7) is 7.37. The van der Waals surface area contributed by atoms with Crippen LogP contribution in [0.3, 0.4) is 0 Å². The second-order valence-corrected chi connectivity index (χ2v) is 8.08. The van der Waals surface area contributed by atoms with E-state index in [1.807, 2.05) is 6.92 Å². The Morgan fingerprint density at radius 1 is 1.14 bits per heavy atom. The molecule has 0 saturated carbocycles. The molecule has 1 unspecified atom stereocenters. The lowest BCUT2D eigenvalue weighted by Gasteiger charge is -2.26. The van der Waals surface area contributed by atoms with Crippen LogP contribution in [0, 0.1) is 0 Å². The van der Waals surface area contributed by atoms with Gasteiger partial charge in [0.25, 0.3) is 11.8 Å². The Morgan fingerprint density at radius 2 is 1.83 bits per heavy atom. The van der Waals surface area contributed by atoms with Crippen molar-refractivity contribution < 1.29 is 29.1 Å². The number of unbranched alkanes of at least 4 members (excludes halogenated alkanes) is 1. The second kappa shape index (κ2) is 7.83. The van der Waals surface area contributed by atoms with Crippen LogP contribution in [-0.2, 0) is 9.53 Å². The van der Waals surface area contributed by atoms with Crippen molar-refractivity contribution in [1.82, 2.24) is 5.06 Å². The number of hydrogen-bond acceptors (Lipinski definition) is 6. The zero-order valence-electron chi connectivity index (χ0n) is 17.0. The summed E-state index contributed by atoms with van der Waals surface area (Å²) in [5, 5.41) is 11.0. The number of nitrogens with zero attached hydrogens (tertiary/aromatic N) is 1. The highest BCUT2D eigenvalue weighted by Crippen LogP contribution is 2.33. The van der Waals surface area contributed by atoms with Crippen molar-refractivity contribution in [3.05, 3.63) is 41.5 Å². The molecule has 1 atom stereocenters. The van der Waals surface area contributed by atoms with Crippen LogP contribution in [0.5, 0.6) is 5.75 Å². The van der Waals surface area contributed by atoms with Gasteiger partial charge in [-0.1, -0.05) is 25.5 Å². The Bertz CT molecular complexity index is 975. The van der Waals surface area contributed by atoms with Crippen molar-refractivity contribution in [1.29, 1.82) is 0 Å². The molecule has 7 heteroatoms. The molecule has 29 heavy (non-hydrogen) atoms. The van der Waals surface area contributed by atoms with E-state index in [0.717, 1.165) is 12.8 Å². The average molecular weight is 399 g/mol. The van der Waals surface area contributed by atoms with E-state index in [1.54, 1.807) is 45.0 Å². The maximum atomic E-state index is 12.6. The van der Waals surface area contributed by atoms with Gasteiger partial charge < -0.3 is 9.47 Å². The van der Waals surface area contributed by atoms with E-state index in [4.69, 9.17) is 9.47 Å². The number of rotatable bonds is 6. The first kappa shape index (κ1) is 20.8. The van der Waals surface area contributed by atoms with Gasteiger partial charge in [0.1, 0.15) is 11.4 Å². The van der Waals surface area contributed by atoms with Gasteiger partial charge in [-0.3, -0.25) is 14.8 Å². The quantitative estimate of drug-likeness (QED) is 0.446. The summed E-state index contributed by atoms with van der Waals surface area (Å²) in [7, 11) is 0. The number of imide groups is 1. The van der Waals surface area contributed by atoms with Gasteiger partial charge in [0.15, 0.2) is 6.10 Å². The molecule has 154 valence electrons. The van der Waals surface area contributed by atoms with E-state index in [2.05, 4.69) is 0 Å². The van der Waals surface area contributed by atoms with Crippen LogP contribution < -0.4 is 4.74 Å². The molecule has 2 aromatic carbocycles. The topological polar surface area (TPSA) is 93.1 Å². The molecule has 3 rings (SSSR count). The van der Waals surface area contributed by atoms with Crippen LogP contribution in [0.1, 0.15) is 67.7 Å². The van der Waals surface area contributed by atoms with Gasteiger partial charge in [0, 0.05) is 5.39 Å². The maximum Gasteiger partial charge on any atom is 0.347 e. The normalized spacial score (nSPS) is 14.9. The summed E-state index contributed by atoms with van der Waals surface area (Å²) >= 11 is 0. The van der Waals surface area contributed by atoms with Crippen LogP contribution in [0.25, 0.3) is 10.8 Å². The van der Waals surface area contributed by atoms with Crippen LogP contribution in [0.15, 0.2) is 30.3 Å². The standard InChI is InChI=1S/C22H25NO6/c1-5-6-10-17(21(26)29-22(2,3)4)28-14-11-13-8-7-9-15-18(13)16(12-14)20(25)23(27)19(15)24/h7-9,11-12,17,27H,5-6,10H2,1-4H3. The Morgan fingerprint density at radius 3 is 2.48 bits per heavy atom. The van der Waals surface area contributed by atoms with Crippen LogP contribution in [0.2, 0.25) is 0 Å². The highest BCUT2D eigenvalue weighted by Gasteiger charge is 2.33. The predicted molar refractivity (Wildman–Crippen MR) is 106 cm³/mol. The Kier molecular flexibility index (Phi) is 5.61. The number of hydroxylamine groups is 2. The third-order valence-electron chi connectivity index (χ3n) is 4.56. The molecular weight excluding hydrogens is 374 g/mol. The molecule has 0 radical (unpaired) electrons. The summed E-state index contributed by atoms with van der Waals surface area (Å²) in [5.74, 6) is -1.77. The van der Waals surface area contributed by atoms with Gasteiger partial charge in [-0.25, -0.2) is 4.79 Å². The molecule has 0 bridgehead atoms. The summed E-state index contributed by atoms with van der Waals surface area (Å²) < 4.78 is 11.4. The van der Waals surface area contributed by atoms with Gasteiger partial charge in [-0.05, 0) is 57.2 Å².